The van der Waals surface area contributed by atoms with Crippen molar-refractivity contribution in [3.63, 3.8) is 0 Å². The van der Waals surface area contributed by atoms with Gasteiger partial charge in [0.25, 0.3) is 0 Å². The van der Waals surface area contributed by atoms with Crippen molar-refractivity contribution in [2.24, 2.45) is 10.9 Å². The molecule has 0 aliphatic rings. The van der Waals surface area contributed by atoms with Gasteiger partial charge >= 0.3 is 6.09 Å². The van der Waals surface area contributed by atoms with Crippen LogP contribution >= 0.6 is 0 Å². The van der Waals surface area contributed by atoms with E-state index in [1.165, 1.54) is 11.9 Å². The van der Waals surface area contributed by atoms with E-state index < -0.39 is 17.2 Å². The van der Waals surface area contributed by atoms with Crippen molar-refractivity contribution in [1.29, 1.82) is 0 Å². The maximum atomic E-state index is 11.7. The number of nitrogens with zero attached hydrogens (tertiary/aromatic N) is 2. The van der Waals surface area contributed by atoms with Crippen LogP contribution in [-0.4, -0.2) is 40.2 Å². The van der Waals surface area contributed by atoms with Crippen molar-refractivity contribution in [1.82, 2.24) is 4.90 Å². The number of oxime groups is 1. The predicted octanol–water partition coefficient (Wildman–Crippen LogP) is 1.38. The third-order valence-corrected chi connectivity index (χ3v) is 2.24. The summed E-state index contributed by atoms with van der Waals surface area (Å²) in [5, 5.41) is 11.5. The Hall–Kier alpha value is -1.46. The lowest BCUT2D eigenvalue weighted by molar-refractivity contribution is 0.0193. The van der Waals surface area contributed by atoms with Crippen LogP contribution in [-0.2, 0) is 4.74 Å². The Labute approximate surface area is 96.0 Å². The standard InChI is InChI=1S/C10H21N3O3/c1-9(2,3)16-8(14)13(6)10(4,5)7(11)12-15/h15H,1-6H3,(H2,11,12). The largest absolute Gasteiger partial charge is 0.444 e. The Morgan fingerprint density at radius 3 is 2.06 bits per heavy atom. The molecule has 94 valence electrons. The highest BCUT2D eigenvalue weighted by Crippen LogP contribution is 2.17. The monoisotopic (exact) mass is 231 g/mol. The van der Waals surface area contributed by atoms with Crippen LogP contribution in [0.1, 0.15) is 34.6 Å². The topological polar surface area (TPSA) is 88.2 Å². The molecule has 16 heavy (non-hydrogen) atoms. The van der Waals surface area contributed by atoms with Gasteiger partial charge in [-0.15, -0.1) is 0 Å². The van der Waals surface area contributed by atoms with Crippen LogP contribution in [0.25, 0.3) is 0 Å². The maximum absolute atomic E-state index is 11.7. The van der Waals surface area contributed by atoms with E-state index in [1.807, 2.05) is 0 Å². The summed E-state index contributed by atoms with van der Waals surface area (Å²) in [5.74, 6) is -0.0548. The lowest BCUT2D eigenvalue weighted by Crippen LogP contribution is -2.55. The molecule has 0 heterocycles. The molecule has 6 heteroatoms. The Morgan fingerprint density at radius 1 is 1.31 bits per heavy atom. The number of carbonyl (C=O) groups excluding carboxylic acids is 1. The van der Waals surface area contributed by atoms with Gasteiger partial charge in [0, 0.05) is 7.05 Å². The van der Waals surface area contributed by atoms with E-state index in [9.17, 15) is 4.79 Å². The van der Waals surface area contributed by atoms with E-state index in [0.29, 0.717) is 0 Å². The molecule has 0 fully saturated rings. The number of carbonyl (C=O) groups is 1. The van der Waals surface area contributed by atoms with Crippen LogP contribution in [0, 0.1) is 0 Å². The number of amidine groups is 1. The molecule has 0 aromatic heterocycles. The van der Waals surface area contributed by atoms with Gasteiger partial charge in [0.15, 0.2) is 5.84 Å². The smallest absolute Gasteiger partial charge is 0.410 e. The minimum Gasteiger partial charge on any atom is -0.444 e. The predicted molar refractivity (Wildman–Crippen MR) is 61.5 cm³/mol. The first kappa shape index (κ1) is 14.5. The molecule has 0 bridgehead atoms. The van der Waals surface area contributed by atoms with Gasteiger partial charge in [-0.1, -0.05) is 5.16 Å². The summed E-state index contributed by atoms with van der Waals surface area (Å²) in [7, 11) is 1.53. The highest BCUT2D eigenvalue weighted by atomic mass is 16.6. The van der Waals surface area contributed by atoms with Crippen molar-refractivity contribution in [3.05, 3.63) is 0 Å². The van der Waals surface area contributed by atoms with Crippen molar-refractivity contribution >= 4 is 11.9 Å². The molecular weight excluding hydrogens is 210 g/mol. The minimum absolute atomic E-state index is 0.0548. The molecule has 0 aromatic rings. The molecule has 0 aliphatic carbocycles. The first-order valence-electron chi connectivity index (χ1n) is 4.97. The van der Waals surface area contributed by atoms with Gasteiger partial charge in [0.2, 0.25) is 0 Å². The Bertz CT molecular complexity index is 292. The summed E-state index contributed by atoms with van der Waals surface area (Å²) >= 11 is 0. The van der Waals surface area contributed by atoms with Crippen LogP contribution < -0.4 is 5.73 Å². The van der Waals surface area contributed by atoms with Gasteiger partial charge < -0.3 is 15.7 Å². The molecule has 0 spiro atoms. The normalized spacial score (nSPS) is 13.5. The Balaban J connectivity index is 4.80. The number of nitrogens with two attached hydrogens (primary N) is 1. The van der Waals surface area contributed by atoms with Crippen LogP contribution in [0.5, 0.6) is 0 Å². The Kier molecular flexibility index (Phi) is 4.17. The van der Waals surface area contributed by atoms with Crippen molar-refractivity contribution < 1.29 is 14.7 Å². The van der Waals surface area contributed by atoms with Crippen molar-refractivity contribution in [2.75, 3.05) is 7.05 Å². The Morgan fingerprint density at radius 2 is 1.75 bits per heavy atom. The van der Waals surface area contributed by atoms with Crippen LogP contribution in [0.3, 0.4) is 0 Å². The summed E-state index contributed by atoms with van der Waals surface area (Å²) < 4.78 is 5.18. The van der Waals surface area contributed by atoms with Crippen molar-refractivity contribution in [2.45, 2.75) is 45.8 Å². The molecule has 0 aliphatic heterocycles. The molecule has 3 N–H and O–H groups in total. The average Bonchev–Trinajstić information content (AvgIpc) is 2.12. The van der Waals surface area contributed by atoms with Crippen LogP contribution in [0.15, 0.2) is 5.16 Å². The molecule has 0 saturated carbocycles. The van der Waals surface area contributed by atoms with Crippen molar-refractivity contribution in [3.8, 4) is 0 Å². The molecule has 0 radical (unpaired) electrons. The number of ether oxygens (including phenoxy) is 1. The molecule has 6 nitrogen and oxygen atoms in total. The summed E-state index contributed by atoms with van der Waals surface area (Å²) in [6.45, 7) is 8.64. The molecule has 0 unspecified atom stereocenters. The zero-order valence-corrected chi connectivity index (χ0v) is 10.7. The first-order valence-corrected chi connectivity index (χ1v) is 4.97. The maximum Gasteiger partial charge on any atom is 0.410 e. The molecule has 1 amide bonds. The van der Waals surface area contributed by atoms with E-state index in [4.69, 9.17) is 15.7 Å². The summed E-state index contributed by atoms with van der Waals surface area (Å²) in [6.07, 6.45) is -0.524. The SMILES string of the molecule is CN(C(=O)OC(C)(C)C)C(C)(C)/C(N)=N/O. The first-order chi connectivity index (χ1) is 7.02. The minimum atomic E-state index is -0.906. The van der Waals surface area contributed by atoms with Gasteiger partial charge in [0.05, 0.1) is 0 Å². The summed E-state index contributed by atoms with van der Waals surface area (Å²) in [6, 6.07) is 0. The lowest BCUT2D eigenvalue weighted by Gasteiger charge is -2.35. The van der Waals surface area contributed by atoms with E-state index in [2.05, 4.69) is 5.16 Å². The molecule has 0 saturated heterocycles. The van der Waals surface area contributed by atoms with E-state index in [0.717, 1.165) is 0 Å². The summed E-state index contributed by atoms with van der Waals surface area (Å²) in [5.41, 5.74) is 4.02. The molecule has 0 atom stereocenters. The fourth-order valence-corrected chi connectivity index (χ4v) is 0.853. The highest BCUT2D eigenvalue weighted by molar-refractivity contribution is 5.91. The van der Waals surface area contributed by atoms with Crippen LogP contribution in [0.2, 0.25) is 0 Å². The molecule has 0 aromatic carbocycles. The fraction of sp³-hybridized carbons (Fsp3) is 0.800. The van der Waals surface area contributed by atoms with E-state index in [-0.39, 0.29) is 5.84 Å². The second-order valence-corrected chi connectivity index (χ2v) is 5.08. The van der Waals surface area contributed by atoms with E-state index in [1.54, 1.807) is 34.6 Å². The zero-order valence-electron chi connectivity index (χ0n) is 10.7. The van der Waals surface area contributed by atoms with Gasteiger partial charge in [-0.2, -0.15) is 0 Å². The second-order valence-electron chi connectivity index (χ2n) is 5.08. The zero-order chi connectivity index (χ0) is 13.1. The quantitative estimate of drug-likeness (QED) is 0.325. The highest BCUT2D eigenvalue weighted by Gasteiger charge is 2.34. The molecule has 0 rings (SSSR count). The molecular formula is C10H21N3O3. The average molecular weight is 231 g/mol. The van der Waals surface area contributed by atoms with Gasteiger partial charge in [0.1, 0.15) is 11.1 Å². The lowest BCUT2D eigenvalue weighted by atomic mass is 10.0. The van der Waals surface area contributed by atoms with Gasteiger partial charge in [-0.3, -0.25) is 4.90 Å². The van der Waals surface area contributed by atoms with Crippen LogP contribution in [0.4, 0.5) is 4.79 Å². The number of likely N-dealkylation sites (N-methyl/N-ethyl adjacent to an activating group) is 1. The van der Waals surface area contributed by atoms with Gasteiger partial charge in [-0.05, 0) is 34.6 Å². The summed E-state index contributed by atoms with van der Waals surface area (Å²) in [4.78, 5) is 13.0. The van der Waals surface area contributed by atoms with E-state index >= 15 is 0 Å². The third kappa shape index (κ3) is 3.60. The second kappa shape index (κ2) is 4.59. The van der Waals surface area contributed by atoms with Gasteiger partial charge in [-0.25, -0.2) is 4.79 Å². The number of hydrogen-bond acceptors (Lipinski definition) is 4. The number of amides is 1. The third-order valence-electron chi connectivity index (χ3n) is 2.24. The fourth-order valence-electron chi connectivity index (χ4n) is 0.853. The number of hydrogen-bond donors (Lipinski definition) is 2. The number of rotatable bonds is 2.